The fraction of sp³-hybridized carbons (Fsp3) is 0.158. The smallest absolute Gasteiger partial charge is 0.205 e. The molecule has 0 radical (unpaired) electrons. The van der Waals surface area contributed by atoms with E-state index in [1.54, 1.807) is 42.5 Å². The lowest BCUT2D eigenvalue weighted by Crippen LogP contribution is -2.22. The van der Waals surface area contributed by atoms with Crippen LogP contribution in [0.2, 0.25) is 5.02 Å². The van der Waals surface area contributed by atoms with E-state index in [4.69, 9.17) is 26.8 Å². The van der Waals surface area contributed by atoms with Crippen molar-refractivity contribution in [3.8, 4) is 17.6 Å². The number of allylic oxidation sites excluding steroid dienone is 1. The molecule has 0 fully saturated rings. The number of benzene rings is 2. The molecule has 0 saturated carbocycles. The lowest BCUT2D eigenvalue weighted by atomic mass is 9.84. The van der Waals surface area contributed by atoms with Crippen LogP contribution in [0.4, 0.5) is 0 Å². The largest absolute Gasteiger partial charge is 0.496 e. The molecule has 1 unspecified atom stereocenters. The van der Waals surface area contributed by atoms with Gasteiger partial charge in [-0.25, -0.2) is 0 Å². The van der Waals surface area contributed by atoms with E-state index in [0.29, 0.717) is 27.6 Å². The molecule has 0 aliphatic carbocycles. The summed E-state index contributed by atoms with van der Waals surface area (Å²) in [6, 6.07) is 14.1. The number of rotatable bonds is 4. The molecule has 0 saturated heterocycles. The number of hydrogen-bond acceptors (Lipinski definition) is 5. The third kappa shape index (κ3) is 3.17. The fourth-order valence-corrected chi connectivity index (χ4v) is 3.08. The number of ether oxygens (including phenoxy) is 2. The highest BCUT2D eigenvalue weighted by Gasteiger charge is 2.32. The van der Waals surface area contributed by atoms with E-state index >= 15 is 0 Å². The standard InChI is InChI=1S/C19H15ClN2O3/c1-24-17-5-3-2-4-12(17)16(23)9-13-14-8-11(20)6-7-18(14)25-19(22)15(13)10-21/h2-8,13H,9,22H2,1H3. The highest BCUT2D eigenvalue weighted by Crippen LogP contribution is 2.41. The maximum atomic E-state index is 12.8. The molecule has 25 heavy (non-hydrogen) atoms. The molecule has 0 spiro atoms. The van der Waals surface area contributed by atoms with Crippen molar-refractivity contribution in [3.63, 3.8) is 0 Å². The van der Waals surface area contributed by atoms with Gasteiger partial charge in [-0.3, -0.25) is 4.79 Å². The number of nitrogens with two attached hydrogens (primary N) is 1. The molecule has 2 aromatic carbocycles. The summed E-state index contributed by atoms with van der Waals surface area (Å²) >= 11 is 6.08. The van der Waals surface area contributed by atoms with Gasteiger partial charge in [0.05, 0.1) is 18.2 Å². The Hall–Kier alpha value is -2.97. The predicted molar refractivity (Wildman–Crippen MR) is 93.6 cm³/mol. The minimum absolute atomic E-state index is 0.00940. The second-order valence-corrected chi connectivity index (χ2v) is 5.99. The van der Waals surface area contributed by atoms with Crippen molar-refractivity contribution >= 4 is 17.4 Å². The molecular formula is C19H15ClN2O3. The van der Waals surface area contributed by atoms with Crippen LogP contribution in [-0.2, 0) is 0 Å². The third-order valence-electron chi connectivity index (χ3n) is 4.10. The van der Waals surface area contributed by atoms with Gasteiger partial charge in [-0.1, -0.05) is 23.7 Å². The molecule has 1 heterocycles. The number of para-hydroxylation sites is 1. The van der Waals surface area contributed by atoms with Gasteiger partial charge in [0.2, 0.25) is 5.88 Å². The van der Waals surface area contributed by atoms with Gasteiger partial charge in [0.1, 0.15) is 17.6 Å². The third-order valence-corrected chi connectivity index (χ3v) is 4.33. The SMILES string of the molecule is COc1ccccc1C(=O)CC1C(C#N)=C(N)Oc2ccc(Cl)cc21. The number of ketones is 1. The van der Waals surface area contributed by atoms with Gasteiger partial charge in [0.15, 0.2) is 5.78 Å². The Labute approximate surface area is 150 Å². The van der Waals surface area contributed by atoms with Crippen molar-refractivity contribution < 1.29 is 14.3 Å². The van der Waals surface area contributed by atoms with Crippen molar-refractivity contribution in [2.45, 2.75) is 12.3 Å². The van der Waals surface area contributed by atoms with Gasteiger partial charge in [-0.2, -0.15) is 5.26 Å². The van der Waals surface area contributed by atoms with Crippen molar-refractivity contribution in [1.29, 1.82) is 5.26 Å². The first kappa shape index (κ1) is 16.9. The Morgan fingerprint density at radius 1 is 1.36 bits per heavy atom. The number of halogens is 1. The number of nitrogens with zero attached hydrogens (tertiary/aromatic N) is 1. The van der Waals surface area contributed by atoms with Gasteiger partial charge in [-0.05, 0) is 30.3 Å². The number of carbonyl (C=O) groups is 1. The van der Waals surface area contributed by atoms with Crippen LogP contribution in [-0.4, -0.2) is 12.9 Å². The summed E-state index contributed by atoms with van der Waals surface area (Å²) in [5.41, 5.74) is 7.21. The molecule has 1 aliphatic heterocycles. The summed E-state index contributed by atoms with van der Waals surface area (Å²) < 4.78 is 10.7. The molecule has 6 heteroatoms. The summed E-state index contributed by atoms with van der Waals surface area (Å²) in [7, 11) is 1.51. The van der Waals surface area contributed by atoms with Crippen molar-refractivity contribution in [2.24, 2.45) is 5.73 Å². The average molecular weight is 355 g/mol. The van der Waals surface area contributed by atoms with Crippen molar-refractivity contribution in [2.75, 3.05) is 7.11 Å². The molecule has 0 aromatic heterocycles. The molecule has 0 bridgehead atoms. The van der Waals surface area contributed by atoms with Crippen LogP contribution in [0.5, 0.6) is 11.5 Å². The van der Waals surface area contributed by atoms with Crippen LogP contribution in [0.1, 0.15) is 28.3 Å². The number of nitriles is 1. The predicted octanol–water partition coefficient (Wildman–Crippen LogP) is 3.79. The van der Waals surface area contributed by atoms with E-state index in [1.165, 1.54) is 7.11 Å². The topological polar surface area (TPSA) is 85.3 Å². The van der Waals surface area contributed by atoms with E-state index in [2.05, 4.69) is 6.07 Å². The average Bonchev–Trinajstić information content (AvgIpc) is 2.62. The minimum Gasteiger partial charge on any atom is -0.496 e. The first-order chi connectivity index (χ1) is 12.0. The first-order valence-electron chi connectivity index (χ1n) is 7.58. The Balaban J connectivity index is 2.02. The van der Waals surface area contributed by atoms with Crippen LogP contribution < -0.4 is 15.2 Å². The zero-order chi connectivity index (χ0) is 18.0. The Kier molecular flexibility index (Phi) is 4.64. The summed E-state index contributed by atoms with van der Waals surface area (Å²) in [4.78, 5) is 12.8. The first-order valence-corrected chi connectivity index (χ1v) is 7.96. The number of carbonyl (C=O) groups excluding carboxylic acids is 1. The normalized spacial score (nSPS) is 15.8. The molecule has 3 rings (SSSR count). The molecule has 2 N–H and O–H groups in total. The molecule has 126 valence electrons. The monoisotopic (exact) mass is 354 g/mol. The molecule has 1 atom stereocenters. The minimum atomic E-state index is -0.523. The van der Waals surface area contributed by atoms with Gasteiger partial charge < -0.3 is 15.2 Å². The van der Waals surface area contributed by atoms with Crippen molar-refractivity contribution in [1.82, 2.24) is 0 Å². The van der Waals surface area contributed by atoms with Gasteiger partial charge in [0, 0.05) is 22.9 Å². The molecule has 0 amide bonds. The molecular weight excluding hydrogens is 340 g/mol. The van der Waals surface area contributed by atoms with E-state index in [-0.39, 0.29) is 23.7 Å². The van der Waals surface area contributed by atoms with Crippen LogP contribution in [0.15, 0.2) is 53.9 Å². The zero-order valence-electron chi connectivity index (χ0n) is 13.5. The highest BCUT2D eigenvalue weighted by molar-refractivity contribution is 6.30. The summed E-state index contributed by atoms with van der Waals surface area (Å²) in [6.45, 7) is 0. The second-order valence-electron chi connectivity index (χ2n) is 5.55. The Bertz CT molecular complexity index is 915. The lowest BCUT2D eigenvalue weighted by Gasteiger charge is -2.26. The van der Waals surface area contributed by atoms with Crippen LogP contribution in [0, 0.1) is 11.3 Å². The summed E-state index contributed by atoms with van der Waals surface area (Å²) in [5.74, 6) is 0.316. The van der Waals surface area contributed by atoms with Gasteiger partial charge in [-0.15, -0.1) is 0 Å². The molecule has 5 nitrogen and oxygen atoms in total. The summed E-state index contributed by atoms with van der Waals surface area (Å²) in [6.07, 6.45) is 0.0562. The quantitative estimate of drug-likeness (QED) is 0.844. The fourth-order valence-electron chi connectivity index (χ4n) is 2.90. The number of methoxy groups -OCH3 is 1. The number of fused-ring (bicyclic) bond motifs is 1. The maximum Gasteiger partial charge on any atom is 0.205 e. The Morgan fingerprint density at radius 3 is 2.84 bits per heavy atom. The molecule has 1 aliphatic rings. The van der Waals surface area contributed by atoms with Crippen molar-refractivity contribution in [3.05, 3.63) is 70.1 Å². The van der Waals surface area contributed by atoms with Crippen LogP contribution >= 0.6 is 11.6 Å². The van der Waals surface area contributed by atoms with E-state index in [1.807, 2.05) is 0 Å². The lowest BCUT2D eigenvalue weighted by molar-refractivity contribution is 0.0973. The van der Waals surface area contributed by atoms with E-state index in [9.17, 15) is 10.1 Å². The summed E-state index contributed by atoms with van der Waals surface area (Å²) in [5, 5.41) is 9.97. The van der Waals surface area contributed by atoms with Gasteiger partial charge in [0.25, 0.3) is 0 Å². The zero-order valence-corrected chi connectivity index (χ0v) is 14.2. The van der Waals surface area contributed by atoms with Gasteiger partial charge >= 0.3 is 0 Å². The maximum absolute atomic E-state index is 12.8. The number of hydrogen-bond donors (Lipinski definition) is 1. The van der Waals surface area contributed by atoms with Crippen LogP contribution in [0.3, 0.4) is 0 Å². The van der Waals surface area contributed by atoms with Crippen LogP contribution in [0.25, 0.3) is 0 Å². The number of Topliss-reactive ketones (excluding diaryl/α,β-unsaturated/α-hetero) is 1. The van der Waals surface area contributed by atoms with E-state index < -0.39 is 5.92 Å². The Morgan fingerprint density at radius 2 is 2.12 bits per heavy atom. The second kappa shape index (κ2) is 6.88. The molecule has 2 aromatic rings. The van der Waals surface area contributed by atoms with E-state index in [0.717, 1.165) is 0 Å². The highest BCUT2D eigenvalue weighted by atomic mass is 35.5.